The molecule has 3 aliphatic rings. The molecule has 32 heavy (non-hydrogen) atoms. The molecule has 0 aromatic rings. The second kappa shape index (κ2) is 8.90. The summed E-state index contributed by atoms with van der Waals surface area (Å²) in [7, 11) is 0. The van der Waals surface area contributed by atoms with E-state index in [0.29, 0.717) is 32.4 Å². The van der Waals surface area contributed by atoms with Crippen molar-refractivity contribution in [3.05, 3.63) is 0 Å². The highest BCUT2D eigenvalue weighted by atomic mass is 16.6. The number of carbonyl (C=O) groups is 4. The van der Waals surface area contributed by atoms with Gasteiger partial charge in [-0.2, -0.15) is 0 Å². The molecule has 1 aliphatic carbocycles. The fourth-order valence-electron chi connectivity index (χ4n) is 4.35. The van der Waals surface area contributed by atoms with Crippen molar-refractivity contribution in [3.63, 3.8) is 0 Å². The summed E-state index contributed by atoms with van der Waals surface area (Å²) in [5.74, 6) is -1.23. The molecule has 1 saturated carbocycles. The molecule has 0 unspecified atom stereocenters. The molecule has 3 amide bonds. The summed E-state index contributed by atoms with van der Waals surface area (Å²) in [6.45, 7) is 11.8. The molecule has 9 heteroatoms. The molecule has 2 saturated heterocycles. The third kappa shape index (κ3) is 5.92. The first-order valence-electron chi connectivity index (χ1n) is 11.6. The van der Waals surface area contributed by atoms with Crippen LogP contribution in [0.3, 0.4) is 0 Å². The Morgan fingerprint density at radius 2 is 1.25 bits per heavy atom. The molecular weight excluding hydrogens is 414 g/mol. The minimum absolute atomic E-state index is 0.117. The number of urea groups is 1. The number of nitrogens with zero attached hydrogens (tertiary/aromatic N) is 2. The van der Waals surface area contributed by atoms with Gasteiger partial charge in [0.2, 0.25) is 5.91 Å². The number of likely N-dealkylation sites (tertiary alicyclic amines) is 2. The smallest absolute Gasteiger partial charge is 0.329 e. The molecule has 0 aromatic heterocycles. The SMILES string of the molecule is CC(C)(C)OC(=O)[C@@H]1CCCN1C(=O)N[C@H]1C[C@H]1C(=O)N1CCC[C@H]1C(=O)OC(C)(C)C. The fraction of sp³-hybridized carbons (Fsp3) is 0.826. The molecule has 3 fully saturated rings. The average molecular weight is 452 g/mol. The quantitative estimate of drug-likeness (QED) is 0.657. The Hall–Kier alpha value is -2.32. The summed E-state index contributed by atoms with van der Waals surface area (Å²) in [6.07, 6.45) is 3.18. The lowest BCUT2D eigenvalue weighted by atomic mass is 10.1. The van der Waals surface area contributed by atoms with E-state index in [9.17, 15) is 19.2 Å². The standard InChI is InChI=1S/C23H37N3O6/c1-22(2,3)31-19(28)16-9-7-11-25(16)18(27)14-13-15(14)24-21(30)26-12-8-10-17(26)20(29)32-23(4,5)6/h14-17H,7-13H2,1-6H3,(H,24,30)/t14-,15+,16+,17+/m1/s1. The van der Waals surface area contributed by atoms with Crippen molar-refractivity contribution in [1.82, 2.24) is 15.1 Å². The van der Waals surface area contributed by atoms with E-state index >= 15 is 0 Å². The molecule has 0 bridgehead atoms. The van der Waals surface area contributed by atoms with Crippen molar-refractivity contribution in [2.45, 2.75) is 103 Å². The number of carbonyl (C=O) groups excluding carboxylic acids is 4. The Bertz CT molecular complexity index is 769. The van der Waals surface area contributed by atoms with Crippen molar-refractivity contribution in [3.8, 4) is 0 Å². The molecule has 9 nitrogen and oxygen atoms in total. The van der Waals surface area contributed by atoms with Gasteiger partial charge in [0, 0.05) is 19.1 Å². The van der Waals surface area contributed by atoms with Crippen LogP contribution in [-0.4, -0.2) is 76.1 Å². The fourth-order valence-corrected chi connectivity index (χ4v) is 4.35. The highest BCUT2D eigenvalue weighted by Crippen LogP contribution is 2.35. The summed E-state index contributed by atoms with van der Waals surface area (Å²) in [5.41, 5.74) is -1.22. The van der Waals surface area contributed by atoms with Gasteiger partial charge in [-0.3, -0.25) is 4.79 Å². The van der Waals surface area contributed by atoms with Gasteiger partial charge in [-0.15, -0.1) is 0 Å². The number of rotatable bonds is 4. The van der Waals surface area contributed by atoms with Crippen LogP contribution >= 0.6 is 0 Å². The summed E-state index contributed by atoms with van der Waals surface area (Å²) in [5, 5.41) is 2.90. The van der Waals surface area contributed by atoms with Crippen molar-refractivity contribution in [2.75, 3.05) is 13.1 Å². The number of hydrogen-bond acceptors (Lipinski definition) is 6. The Labute approximate surface area is 190 Å². The van der Waals surface area contributed by atoms with E-state index < -0.39 is 29.3 Å². The predicted octanol–water partition coefficient (Wildman–Crippen LogP) is 2.22. The highest BCUT2D eigenvalue weighted by molar-refractivity contribution is 5.90. The maximum Gasteiger partial charge on any atom is 0.329 e. The molecule has 2 heterocycles. The maximum absolute atomic E-state index is 13.0. The van der Waals surface area contributed by atoms with Crippen molar-refractivity contribution in [1.29, 1.82) is 0 Å². The van der Waals surface area contributed by atoms with E-state index in [-0.39, 0.29) is 29.9 Å². The highest BCUT2D eigenvalue weighted by Gasteiger charge is 2.50. The van der Waals surface area contributed by atoms with Gasteiger partial charge in [-0.1, -0.05) is 0 Å². The number of esters is 2. The van der Waals surface area contributed by atoms with E-state index in [2.05, 4.69) is 5.32 Å². The van der Waals surface area contributed by atoms with Crippen LogP contribution in [0.25, 0.3) is 0 Å². The zero-order valence-corrected chi connectivity index (χ0v) is 20.1. The molecule has 2 aliphatic heterocycles. The Balaban J connectivity index is 1.54. The minimum atomic E-state index is -0.615. The minimum Gasteiger partial charge on any atom is -0.458 e. The molecule has 0 aromatic carbocycles. The number of nitrogens with one attached hydrogen (secondary N) is 1. The summed E-state index contributed by atoms with van der Waals surface area (Å²) in [4.78, 5) is 53.9. The van der Waals surface area contributed by atoms with Gasteiger partial charge in [0.05, 0.1) is 5.92 Å². The third-order valence-corrected chi connectivity index (χ3v) is 5.82. The largest absolute Gasteiger partial charge is 0.458 e. The average Bonchev–Trinajstić information content (AvgIpc) is 3.08. The molecule has 3 rings (SSSR count). The first-order valence-corrected chi connectivity index (χ1v) is 11.6. The topological polar surface area (TPSA) is 105 Å². The zero-order valence-electron chi connectivity index (χ0n) is 20.1. The summed E-state index contributed by atoms with van der Waals surface area (Å²) >= 11 is 0. The number of hydrogen-bond donors (Lipinski definition) is 1. The Kier molecular flexibility index (Phi) is 6.77. The van der Waals surface area contributed by atoms with Gasteiger partial charge in [0.15, 0.2) is 0 Å². The molecule has 4 atom stereocenters. The zero-order chi connectivity index (χ0) is 23.8. The van der Waals surface area contributed by atoms with Crippen LogP contribution in [0, 0.1) is 5.92 Å². The third-order valence-electron chi connectivity index (χ3n) is 5.82. The lowest BCUT2D eigenvalue weighted by molar-refractivity contribution is -0.163. The predicted molar refractivity (Wildman–Crippen MR) is 117 cm³/mol. The van der Waals surface area contributed by atoms with Gasteiger partial charge in [0.25, 0.3) is 0 Å². The number of ether oxygens (including phenoxy) is 2. The van der Waals surface area contributed by atoms with E-state index in [1.807, 2.05) is 0 Å². The van der Waals surface area contributed by atoms with Gasteiger partial charge >= 0.3 is 18.0 Å². The van der Waals surface area contributed by atoms with Crippen LogP contribution in [0.4, 0.5) is 4.79 Å². The maximum atomic E-state index is 13.0. The molecule has 1 N–H and O–H groups in total. The van der Waals surface area contributed by atoms with E-state index in [1.165, 1.54) is 4.90 Å². The second-order valence-electron chi connectivity index (χ2n) is 11.0. The normalized spacial score (nSPS) is 27.8. The Morgan fingerprint density at radius 1 is 0.781 bits per heavy atom. The van der Waals surface area contributed by atoms with Crippen molar-refractivity contribution >= 4 is 23.9 Å². The van der Waals surface area contributed by atoms with Gasteiger partial charge in [-0.05, 0) is 73.6 Å². The van der Waals surface area contributed by atoms with Crippen LogP contribution in [0.15, 0.2) is 0 Å². The van der Waals surface area contributed by atoms with Crippen molar-refractivity contribution < 1.29 is 28.7 Å². The second-order valence-corrected chi connectivity index (χ2v) is 11.0. The van der Waals surface area contributed by atoms with Crippen molar-refractivity contribution in [2.24, 2.45) is 5.92 Å². The van der Waals surface area contributed by atoms with Crippen LogP contribution < -0.4 is 5.32 Å². The number of amides is 3. The lowest BCUT2D eigenvalue weighted by Gasteiger charge is -2.28. The molecular formula is C23H37N3O6. The molecule has 0 spiro atoms. The first kappa shape index (κ1) is 24.3. The van der Waals surface area contributed by atoms with Crippen LogP contribution in [0.1, 0.15) is 73.6 Å². The van der Waals surface area contributed by atoms with Crippen LogP contribution in [-0.2, 0) is 23.9 Å². The van der Waals surface area contributed by atoms with Gasteiger partial charge < -0.3 is 24.6 Å². The molecule has 0 radical (unpaired) electrons. The summed E-state index contributed by atoms with van der Waals surface area (Å²) in [6, 6.07) is -1.79. The monoisotopic (exact) mass is 451 g/mol. The lowest BCUT2D eigenvalue weighted by Crippen LogP contribution is -2.49. The Morgan fingerprint density at radius 3 is 1.75 bits per heavy atom. The molecule has 180 valence electrons. The van der Waals surface area contributed by atoms with Crippen LogP contribution in [0.5, 0.6) is 0 Å². The van der Waals surface area contributed by atoms with Gasteiger partial charge in [-0.25, -0.2) is 14.4 Å². The van der Waals surface area contributed by atoms with E-state index in [4.69, 9.17) is 9.47 Å². The van der Waals surface area contributed by atoms with E-state index in [0.717, 1.165) is 12.8 Å². The van der Waals surface area contributed by atoms with E-state index in [1.54, 1.807) is 46.4 Å². The van der Waals surface area contributed by atoms with Crippen LogP contribution in [0.2, 0.25) is 0 Å². The summed E-state index contributed by atoms with van der Waals surface area (Å²) < 4.78 is 10.9. The van der Waals surface area contributed by atoms with Gasteiger partial charge in [0.1, 0.15) is 23.3 Å². The first-order chi connectivity index (χ1) is 14.8.